The molecule has 0 aromatic carbocycles. The van der Waals surface area contributed by atoms with Crippen LogP contribution in [0.4, 0.5) is 5.95 Å². The molecule has 14 heavy (non-hydrogen) atoms. The Morgan fingerprint density at radius 1 is 1.64 bits per heavy atom. The second-order valence-electron chi connectivity index (χ2n) is 3.63. The molecule has 3 nitrogen and oxygen atoms in total. The minimum Gasteiger partial charge on any atom is -0.338 e. The van der Waals surface area contributed by atoms with Crippen molar-refractivity contribution in [2.75, 3.05) is 17.3 Å². The lowest BCUT2D eigenvalue weighted by Gasteiger charge is -2.22. The molecule has 0 amide bonds. The van der Waals surface area contributed by atoms with Gasteiger partial charge in [0.2, 0.25) is 5.95 Å². The Morgan fingerprint density at radius 2 is 2.43 bits per heavy atom. The largest absolute Gasteiger partial charge is 0.338 e. The first-order valence-corrected chi connectivity index (χ1v) is 5.74. The van der Waals surface area contributed by atoms with E-state index in [-0.39, 0.29) is 0 Å². The normalized spacial score (nSPS) is 15.9. The third-order valence-electron chi connectivity index (χ3n) is 2.60. The number of nitrogens with zero attached hydrogens (tertiary/aromatic N) is 3. The Bertz CT molecular complexity index is 293. The van der Waals surface area contributed by atoms with Crippen LogP contribution in [0.1, 0.15) is 19.8 Å². The summed E-state index contributed by atoms with van der Waals surface area (Å²) in [6.07, 6.45) is 6.46. The Hall–Kier alpha value is -0.700. The summed E-state index contributed by atoms with van der Waals surface area (Å²) in [6.45, 7) is 4.01. The van der Waals surface area contributed by atoms with E-state index < -0.39 is 0 Å². The van der Waals surface area contributed by atoms with Gasteiger partial charge >= 0.3 is 0 Å². The van der Waals surface area contributed by atoms with Crippen molar-refractivity contribution < 1.29 is 0 Å². The molecule has 0 aliphatic heterocycles. The molecule has 1 aliphatic carbocycles. The number of alkyl halides is 1. The van der Waals surface area contributed by atoms with Crippen LogP contribution in [0.3, 0.4) is 0 Å². The Morgan fingerprint density at radius 3 is 3.00 bits per heavy atom. The van der Waals surface area contributed by atoms with Gasteiger partial charge in [0.1, 0.15) is 0 Å². The van der Waals surface area contributed by atoms with Gasteiger partial charge in [-0.2, -0.15) is 0 Å². The Labute approximate surface area is 89.7 Å². The number of aryl methyl sites for hydroxylation is 1. The topological polar surface area (TPSA) is 21.1 Å². The van der Waals surface area contributed by atoms with E-state index in [2.05, 4.69) is 21.4 Å². The fourth-order valence-corrected chi connectivity index (χ4v) is 1.91. The third kappa shape index (κ3) is 1.87. The Balaban J connectivity index is 2.16. The monoisotopic (exact) mass is 213 g/mol. The fourth-order valence-electron chi connectivity index (χ4n) is 1.73. The number of hydrogen-bond acceptors (Lipinski definition) is 2. The molecule has 1 saturated carbocycles. The van der Waals surface area contributed by atoms with Crippen LogP contribution in [-0.2, 0) is 6.54 Å². The highest BCUT2D eigenvalue weighted by Crippen LogP contribution is 2.30. The van der Waals surface area contributed by atoms with Crippen LogP contribution in [0.15, 0.2) is 12.4 Å². The van der Waals surface area contributed by atoms with Gasteiger partial charge in [-0.3, -0.25) is 0 Å². The predicted molar refractivity (Wildman–Crippen MR) is 59.0 cm³/mol. The molecule has 1 aliphatic rings. The Kier molecular flexibility index (Phi) is 2.96. The fraction of sp³-hybridized carbons (Fsp3) is 0.700. The van der Waals surface area contributed by atoms with Gasteiger partial charge in [-0.1, -0.05) is 0 Å². The zero-order chi connectivity index (χ0) is 9.97. The molecule has 4 heteroatoms. The van der Waals surface area contributed by atoms with Crippen LogP contribution >= 0.6 is 11.6 Å². The van der Waals surface area contributed by atoms with E-state index in [1.165, 1.54) is 12.8 Å². The summed E-state index contributed by atoms with van der Waals surface area (Å²) in [5.74, 6) is 1.75. The molecule has 1 aromatic heterocycles. The highest BCUT2D eigenvalue weighted by atomic mass is 35.5. The molecular formula is C10H16ClN3. The van der Waals surface area contributed by atoms with E-state index in [1.54, 1.807) is 0 Å². The van der Waals surface area contributed by atoms with Crippen molar-refractivity contribution in [3.63, 3.8) is 0 Å². The molecule has 0 saturated heterocycles. The van der Waals surface area contributed by atoms with Crippen molar-refractivity contribution >= 4 is 17.5 Å². The summed E-state index contributed by atoms with van der Waals surface area (Å²) in [4.78, 5) is 6.73. The number of aromatic nitrogens is 2. The average Bonchev–Trinajstić information content (AvgIpc) is 2.92. The van der Waals surface area contributed by atoms with Gasteiger partial charge < -0.3 is 9.47 Å². The van der Waals surface area contributed by atoms with E-state index in [9.17, 15) is 0 Å². The van der Waals surface area contributed by atoms with Crippen molar-refractivity contribution in [3.8, 4) is 0 Å². The third-order valence-corrected chi connectivity index (χ3v) is 2.77. The highest BCUT2D eigenvalue weighted by Gasteiger charge is 2.30. The molecule has 0 N–H and O–H groups in total. The molecule has 0 unspecified atom stereocenters. The number of anilines is 1. The minimum absolute atomic E-state index is 0.674. The zero-order valence-electron chi connectivity index (χ0n) is 8.49. The summed E-state index contributed by atoms with van der Waals surface area (Å²) < 4.78 is 2.17. The maximum Gasteiger partial charge on any atom is 0.205 e. The molecule has 78 valence electrons. The van der Waals surface area contributed by atoms with Crippen LogP contribution < -0.4 is 4.90 Å². The zero-order valence-corrected chi connectivity index (χ0v) is 9.24. The summed E-state index contributed by atoms with van der Waals surface area (Å²) >= 11 is 5.80. The van der Waals surface area contributed by atoms with E-state index in [1.807, 2.05) is 12.4 Å². The molecule has 1 fully saturated rings. The lowest BCUT2D eigenvalue weighted by atomic mass is 10.5. The number of halogens is 1. The smallest absolute Gasteiger partial charge is 0.205 e. The van der Waals surface area contributed by atoms with Gasteiger partial charge in [-0.05, 0) is 19.8 Å². The number of imidazole rings is 1. The van der Waals surface area contributed by atoms with Crippen molar-refractivity contribution in [1.29, 1.82) is 0 Å². The first kappa shape index (κ1) is 9.84. The first-order valence-electron chi connectivity index (χ1n) is 5.20. The SMILES string of the molecule is CCn1ccnc1N(CCCl)C1CC1. The summed E-state index contributed by atoms with van der Waals surface area (Å²) in [5.41, 5.74) is 0. The highest BCUT2D eigenvalue weighted by molar-refractivity contribution is 6.18. The lowest BCUT2D eigenvalue weighted by Crippen LogP contribution is -2.30. The molecule has 0 spiro atoms. The second-order valence-corrected chi connectivity index (χ2v) is 4.00. The van der Waals surface area contributed by atoms with E-state index >= 15 is 0 Å². The van der Waals surface area contributed by atoms with Crippen molar-refractivity contribution in [2.45, 2.75) is 32.4 Å². The van der Waals surface area contributed by atoms with Crippen LogP contribution in [0.5, 0.6) is 0 Å². The second kappa shape index (κ2) is 4.22. The molecule has 1 heterocycles. The van der Waals surface area contributed by atoms with Gasteiger partial charge in [-0.15, -0.1) is 11.6 Å². The van der Waals surface area contributed by atoms with E-state index in [0.29, 0.717) is 11.9 Å². The maximum atomic E-state index is 5.80. The van der Waals surface area contributed by atoms with Gasteiger partial charge in [0, 0.05) is 37.4 Å². The minimum atomic E-state index is 0.674. The lowest BCUT2D eigenvalue weighted by molar-refractivity contribution is 0.699. The number of hydrogen-bond donors (Lipinski definition) is 0. The molecule has 0 bridgehead atoms. The molecule has 0 atom stereocenters. The quantitative estimate of drug-likeness (QED) is 0.699. The molecule has 0 radical (unpaired) electrons. The van der Waals surface area contributed by atoms with Crippen LogP contribution in [0, 0.1) is 0 Å². The van der Waals surface area contributed by atoms with Gasteiger partial charge in [0.15, 0.2) is 0 Å². The summed E-state index contributed by atoms with van der Waals surface area (Å²) in [7, 11) is 0. The van der Waals surface area contributed by atoms with Crippen molar-refractivity contribution in [2.24, 2.45) is 0 Å². The summed E-state index contributed by atoms with van der Waals surface area (Å²) in [6, 6.07) is 0.682. The summed E-state index contributed by atoms with van der Waals surface area (Å²) in [5, 5.41) is 0. The van der Waals surface area contributed by atoms with Crippen molar-refractivity contribution in [3.05, 3.63) is 12.4 Å². The van der Waals surface area contributed by atoms with Crippen LogP contribution in [0.25, 0.3) is 0 Å². The molecular weight excluding hydrogens is 198 g/mol. The van der Waals surface area contributed by atoms with Gasteiger partial charge in [0.25, 0.3) is 0 Å². The van der Waals surface area contributed by atoms with E-state index in [4.69, 9.17) is 11.6 Å². The van der Waals surface area contributed by atoms with Crippen molar-refractivity contribution in [1.82, 2.24) is 9.55 Å². The van der Waals surface area contributed by atoms with Crippen LogP contribution in [0.2, 0.25) is 0 Å². The van der Waals surface area contributed by atoms with E-state index in [0.717, 1.165) is 19.0 Å². The van der Waals surface area contributed by atoms with Gasteiger partial charge in [0.05, 0.1) is 0 Å². The number of rotatable bonds is 5. The maximum absolute atomic E-state index is 5.80. The first-order chi connectivity index (χ1) is 6.86. The predicted octanol–water partition coefficient (Wildman–Crippen LogP) is 2.11. The standard InChI is InChI=1S/C10H16ClN3/c1-2-13-8-6-12-10(13)14(7-5-11)9-3-4-9/h6,8-9H,2-5,7H2,1H3. The average molecular weight is 214 g/mol. The molecule has 1 aromatic rings. The molecule has 2 rings (SSSR count). The van der Waals surface area contributed by atoms with Gasteiger partial charge in [-0.25, -0.2) is 4.98 Å². The van der Waals surface area contributed by atoms with Crippen LogP contribution in [-0.4, -0.2) is 28.0 Å².